The molecule has 0 saturated carbocycles. The zero-order valence-electron chi connectivity index (χ0n) is 35.8. The number of imidazole rings is 1. The van der Waals surface area contributed by atoms with Crippen molar-refractivity contribution in [3.05, 3.63) is 133 Å². The molecule has 0 aliphatic rings. The molecule has 2 heterocycles. The van der Waals surface area contributed by atoms with Crippen LogP contribution in [0.5, 0.6) is 0 Å². The summed E-state index contributed by atoms with van der Waals surface area (Å²) in [7, 11) is 12.6. The van der Waals surface area contributed by atoms with E-state index in [-0.39, 0.29) is 31.9 Å². The topological polar surface area (TPSA) is 79.2 Å². The SMILES string of the molecule is CCc1cc(CC)c(C([N-]c2c(C(C)C)cccc2C(C)C)c2nc(-n3c(C)c(C)c4ccccc43)cn2C)c(CC)c1.C[N-]C.C[N-]C.C[N-]C.[Hf+4]. The van der Waals surface area contributed by atoms with Gasteiger partial charge >= 0.3 is 25.8 Å². The molecule has 53 heavy (non-hydrogen) atoms. The zero-order chi connectivity index (χ0) is 39.1. The molecule has 0 amide bonds. The van der Waals surface area contributed by atoms with Crippen LogP contribution >= 0.6 is 0 Å². The van der Waals surface area contributed by atoms with Gasteiger partial charge in [0.25, 0.3) is 0 Å². The fourth-order valence-corrected chi connectivity index (χ4v) is 6.68. The second-order valence-corrected chi connectivity index (χ2v) is 14.0. The van der Waals surface area contributed by atoms with Gasteiger partial charge in [-0.2, -0.15) is 42.3 Å². The van der Waals surface area contributed by atoms with Gasteiger partial charge in [-0.1, -0.05) is 108 Å². The van der Waals surface area contributed by atoms with Crippen LogP contribution in [0.3, 0.4) is 0 Å². The summed E-state index contributed by atoms with van der Waals surface area (Å²) >= 11 is 0. The fraction of sp³-hybridized carbons (Fsp3) is 0.489. The van der Waals surface area contributed by atoms with Crippen LogP contribution in [-0.2, 0) is 52.2 Å². The molecule has 1 unspecified atom stereocenters. The molecule has 2 aromatic heterocycles. The molecule has 0 N–H and O–H groups in total. The molecule has 0 bridgehead atoms. The first-order valence-electron chi connectivity index (χ1n) is 18.9. The molecule has 7 nitrogen and oxygen atoms in total. The van der Waals surface area contributed by atoms with Crippen LogP contribution in [0, 0.1) is 13.8 Å². The smallest absolute Gasteiger partial charge is 0.671 e. The first-order chi connectivity index (χ1) is 24.8. The Kier molecular flexibility index (Phi) is 21.4. The van der Waals surface area contributed by atoms with Crippen molar-refractivity contribution in [2.45, 2.75) is 99.5 Å². The van der Waals surface area contributed by atoms with Crippen LogP contribution in [-0.4, -0.2) is 56.4 Å². The van der Waals surface area contributed by atoms with Gasteiger partial charge in [-0.25, -0.2) is 4.98 Å². The Hall–Kier alpha value is -3.04. The molecule has 5 aromatic rings. The van der Waals surface area contributed by atoms with Gasteiger partial charge in [-0.3, -0.25) is 4.57 Å². The number of para-hydroxylation sites is 2. The third-order valence-electron chi connectivity index (χ3n) is 9.26. The third-order valence-corrected chi connectivity index (χ3v) is 9.26. The largest absolute Gasteiger partial charge is 4.00 e. The molecule has 5 rings (SSSR count). The minimum absolute atomic E-state index is 0. The van der Waals surface area contributed by atoms with Crippen LogP contribution < -0.4 is 0 Å². The van der Waals surface area contributed by atoms with Gasteiger partial charge in [0.05, 0.1) is 5.52 Å². The monoisotopic (exact) mass is 885 g/mol. The summed E-state index contributed by atoms with van der Waals surface area (Å²) in [6.45, 7) is 20.3. The fourth-order valence-electron chi connectivity index (χ4n) is 6.68. The van der Waals surface area contributed by atoms with E-state index in [1.807, 2.05) is 0 Å². The molecule has 0 spiro atoms. The van der Waals surface area contributed by atoms with Crippen LogP contribution in [0.15, 0.2) is 60.8 Å². The quantitative estimate of drug-likeness (QED) is 0.129. The maximum absolute atomic E-state index is 5.78. The Bertz CT molecular complexity index is 1760. The average molecular weight is 885 g/mol. The standard InChI is InChI=1S/C39H49N4.3C2H6N.Hf/c1-11-28-21-29(12-2)36(30(13-3)22-28)38(41-37-31(24(4)5)18-16-19-32(37)25(6)7)39-40-35(23-42(39)10)43-27(9)26(8)33-17-14-15-20-34(33)43;3*1-3-2;/h14-25,38H,11-13H2,1-10H3;3*1-2H3;/q4*-1;+4. The van der Waals surface area contributed by atoms with Gasteiger partial charge in [-0.15, -0.1) is 5.69 Å². The maximum atomic E-state index is 5.78. The molecule has 8 heteroatoms. The van der Waals surface area contributed by atoms with E-state index in [1.165, 1.54) is 55.5 Å². The van der Waals surface area contributed by atoms with E-state index in [9.17, 15) is 0 Å². The van der Waals surface area contributed by atoms with Gasteiger partial charge in [0, 0.05) is 24.3 Å². The van der Waals surface area contributed by atoms with Crippen molar-refractivity contribution < 1.29 is 25.8 Å². The van der Waals surface area contributed by atoms with Gasteiger partial charge in [-0.05, 0) is 84.9 Å². The first kappa shape index (κ1) is 48.0. The number of hydrogen-bond acceptors (Lipinski definition) is 1. The molecule has 3 aromatic carbocycles. The van der Waals surface area contributed by atoms with E-state index >= 15 is 0 Å². The van der Waals surface area contributed by atoms with Gasteiger partial charge in [0.15, 0.2) is 5.82 Å². The Balaban J connectivity index is 0.00000128. The molecule has 286 valence electrons. The minimum Gasteiger partial charge on any atom is -0.671 e. The van der Waals surface area contributed by atoms with Crippen molar-refractivity contribution in [1.82, 2.24) is 14.1 Å². The Morgan fingerprint density at radius 2 is 1.19 bits per heavy atom. The van der Waals surface area contributed by atoms with Crippen LogP contribution in [0.1, 0.15) is 117 Å². The second-order valence-electron chi connectivity index (χ2n) is 14.0. The zero-order valence-corrected chi connectivity index (χ0v) is 39.4. The van der Waals surface area contributed by atoms with E-state index in [1.54, 1.807) is 42.3 Å². The van der Waals surface area contributed by atoms with E-state index in [2.05, 4.69) is 155 Å². The molecule has 0 radical (unpaired) electrons. The normalized spacial score (nSPS) is 11.2. The van der Waals surface area contributed by atoms with Crippen molar-refractivity contribution in [3.63, 3.8) is 0 Å². The molecule has 1 atom stereocenters. The van der Waals surface area contributed by atoms with Crippen LogP contribution in [0.4, 0.5) is 5.69 Å². The third kappa shape index (κ3) is 11.7. The molecule has 0 aliphatic heterocycles. The second kappa shape index (κ2) is 23.7. The van der Waals surface area contributed by atoms with E-state index in [0.29, 0.717) is 11.8 Å². The minimum atomic E-state index is -0.227. The van der Waals surface area contributed by atoms with E-state index < -0.39 is 0 Å². The summed E-state index contributed by atoms with van der Waals surface area (Å²) in [4.78, 5) is 5.45. The molecular weight excluding hydrogens is 817 g/mol. The van der Waals surface area contributed by atoms with Gasteiger partial charge in [0.2, 0.25) is 0 Å². The molecular formula is C45H67HfN7. The number of fused-ring (bicyclic) bond motifs is 1. The number of aryl methyl sites for hydroxylation is 5. The van der Waals surface area contributed by atoms with Crippen LogP contribution in [0.2, 0.25) is 0 Å². The van der Waals surface area contributed by atoms with E-state index in [0.717, 1.165) is 36.6 Å². The maximum Gasteiger partial charge on any atom is 4.00 e. The first-order valence-corrected chi connectivity index (χ1v) is 18.9. The average Bonchev–Trinajstić information content (AvgIpc) is 3.62. The predicted octanol–water partition coefficient (Wildman–Crippen LogP) is 12.6. The summed E-state index contributed by atoms with van der Waals surface area (Å²) in [6.07, 6.45) is 5.14. The summed E-state index contributed by atoms with van der Waals surface area (Å²) in [5.74, 6) is 2.66. The van der Waals surface area contributed by atoms with E-state index in [4.69, 9.17) is 10.3 Å². The number of hydrogen-bond donors (Lipinski definition) is 0. The molecule has 0 fully saturated rings. The number of nitrogens with zero attached hydrogens (tertiary/aromatic N) is 7. The van der Waals surface area contributed by atoms with Crippen molar-refractivity contribution in [2.75, 3.05) is 42.3 Å². The summed E-state index contributed by atoms with van der Waals surface area (Å²) < 4.78 is 4.53. The number of rotatable bonds is 10. The Morgan fingerprint density at radius 1 is 0.698 bits per heavy atom. The van der Waals surface area contributed by atoms with Crippen molar-refractivity contribution in [3.8, 4) is 5.82 Å². The van der Waals surface area contributed by atoms with Crippen molar-refractivity contribution in [2.24, 2.45) is 7.05 Å². The van der Waals surface area contributed by atoms with Crippen molar-refractivity contribution >= 4 is 16.6 Å². The number of aromatic nitrogens is 3. The summed E-state index contributed by atoms with van der Waals surface area (Å²) in [5, 5.41) is 17.6. The molecule has 0 aliphatic carbocycles. The number of benzene rings is 3. The van der Waals surface area contributed by atoms with Gasteiger partial charge < -0.3 is 25.8 Å². The summed E-state index contributed by atoms with van der Waals surface area (Å²) in [5.41, 5.74) is 12.9. The van der Waals surface area contributed by atoms with Crippen LogP contribution in [0.25, 0.3) is 38.0 Å². The molecule has 0 saturated heterocycles. The van der Waals surface area contributed by atoms with Crippen molar-refractivity contribution in [1.29, 1.82) is 0 Å². The predicted molar refractivity (Wildman–Crippen MR) is 229 cm³/mol. The summed E-state index contributed by atoms with van der Waals surface area (Å²) in [6, 6.07) is 20.0. The van der Waals surface area contributed by atoms with Gasteiger partial charge in [0.1, 0.15) is 5.82 Å². The Morgan fingerprint density at radius 3 is 1.64 bits per heavy atom. The Labute approximate surface area is 341 Å².